The second kappa shape index (κ2) is 8.96. The van der Waals surface area contributed by atoms with Crippen molar-refractivity contribution in [3.63, 3.8) is 0 Å². The molecule has 1 aromatic carbocycles. The van der Waals surface area contributed by atoms with Crippen LogP contribution in [-0.2, 0) is 26.2 Å². The topological polar surface area (TPSA) is 97.8 Å². The van der Waals surface area contributed by atoms with E-state index in [-0.39, 0.29) is 24.3 Å². The van der Waals surface area contributed by atoms with Gasteiger partial charge >= 0.3 is 5.97 Å². The van der Waals surface area contributed by atoms with Crippen LogP contribution in [0, 0.1) is 0 Å². The normalized spacial score (nSPS) is 12.4. The molecule has 0 bridgehead atoms. The quantitative estimate of drug-likeness (QED) is 0.716. The minimum Gasteiger partial charge on any atom is -0.484 e. The lowest BCUT2D eigenvalue weighted by atomic mass is 9.93. The Bertz CT molecular complexity index is 780. The average Bonchev–Trinajstić information content (AvgIpc) is 3.07. The molecule has 27 heavy (non-hydrogen) atoms. The van der Waals surface area contributed by atoms with Gasteiger partial charge in [-0.15, -0.1) is 11.3 Å². The smallest absolute Gasteiger partial charge is 0.333 e. The predicted molar refractivity (Wildman–Crippen MR) is 104 cm³/mol. The van der Waals surface area contributed by atoms with Gasteiger partial charge in [-0.3, -0.25) is 10.1 Å². The number of aromatic nitrogens is 1. The largest absolute Gasteiger partial charge is 0.484 e. The molecule has 0 aliphatic heterocycles. The van der Waals surface area contributed by atoms with Gasteiger partial charge in [-0.2, -0.15) is 0 Å². The first-order chi connectivity index (χ1) is 12.7. The number of benzene rings is 1. The summed E-state index contributed by atoms with van der Waals surface area (Å²) in [5.74, 6) is -0.779. The molecular weight excluding hydrogens is 368 g/mol. The summed E-state index contributed by atoms with van der Waals surface area (Å²) < 4.78 is 10.4. The molecule has 2 aromatic rings. The molecule has 0 aliphatic carbocycles. The number of ether oxygens (including phenoxy) is 2. The summed E-state index contributed by atoms with van der Waals surface area (Å²) in [6, 6.07) is 6.88. The molecule has 0 aliphatic rings. The van der Waals surface area contributed by atoms with Gasteiger partial charge in [0.1, 0.15) is 5.75 Å². The third-order valence-corrected chi connectivity index (χ3v) is 4.55. The van der Waals surface area contributed by atoms with E-state index < -0.39 is 12.1 Å². The predicted octanol–water partition coefficient (Wildman–Crippen LogP) is 3.10. The van der Waals surface area contributed by atoms with Crippen LogP contribution in [-0.4, -0.2) is 41.8 Å². The molecule has 8 heteroatoms. The van der Waals surface area contributed by atoms with Crippen molar-refractivity contribution in [3.8, 4) is 5.75 Å². The summed E-state index contributed by atoms with van der Waals surface area (Å²) in [5.41, 5.74) is 1.66. The number of carboxylic acids is 1. The second-order valence-corrected chi connectivity index (χ2v) is 7.89. The zero-order valence-corrected chi connectivity index (χ0v) is 16.6. The molecule has 1 aromatic heterocycles. The van der Waals surface area contributed by atoms with E-state index in [0.29, 0.717) is 10.9 Å². The Kier molecular flexibility index (Phi) is 6.92. The fourth-order valence-electron chi connectivity index (χ4n) is 2.19. The van der Waals surface area contributed by atoms with Crippen LogP contribution in [0.3, 0.4) is 0 Å². The molecule has 0 unspecified atom stereocenters. The number of aliphatic carboxylic acids is 1. The van der Waals surface area contributed by atoms with Gasteiger partial charge in [-0.25, -0.2) is 9.78 Å². The number of methoxy groups -OCH3 is 1. The first kappa shape index (κ1) is 20.9. The maximum atomic E-state index is 12.0. The van der Waals surface area contributed by atoms with E-state index in [4.69, 9.17) is 14.6 Å². The molecule has 0 spiro atoms. The van der Waals surface area contributed by atoms with Gasteiger partial charge in [0.2, 0.25) is 0 Å². The van der Waals surface area contributed by atoms with Crippen molar-refractivity contribution in [3.05, 3.63) is 40.9 Å². The zero-order chi connectivity index (χ0) is 20.0. The van der Waals surface area contributed by atoms with Gasteiger partial charge in [0.05, 0.1) is 5.69 Å². The molecule has 2 N–H and O–H groups in total. The molecule has 7 nitrogen and oxygen atoms in total. The lowest BCUT2D eigenvalue weighted by molar-refractivity contribution is -0.148. The highest BCUT2D eigenvalue weighted by molar-refractivity contribution is 7.13. The van der Waals surface area contributed by atoms with E-state index in [9.17, 15) is 9.59 Å². The standard InChI is InChI=1S/C19H24N2O5S/c1-19(2,3)15-11-27-18(20-15)21-16(22)10-26-13-7-5-12(6-8-13)9-14(25-4)17(23)24/h5-8,11,14H,9-10H2,1-4H3,(H,23,24)(H,20,21,22)/t14-/m0/s1. The van der Waals surface area contributed by atoms with E-state index in [0.717, 1.165) is 11.3 Å². The monoisotopic (exact) mass is 392 g/mol. The van der Waals surface area contributed by atoms with Crippen LogP contribution in [0.25, 0.3) is 0 Å². The van der Waals surface area contributed by atoms with E-state index in [1.54, 1.807) is 24.3 Å². The third kappa shape index (κ3) is 6.33. The second-order valence-electron chi connectivity index (χ2n) is 7.04. The van der Waals surface area contributed by atoms with Gasteiger partial charge in [-0.05, 0) is 17.7 Å². The summed E-state index contributed by atoms with van der Waals surface area (Å²) in [7, 11) is 1.36. The first-order valence-electron chi connectivity index (χ1n) is 8.42. The Morgan fingerprint density at radius 3 is 2.44 bits per heavy atom. The van der Waals surface area contributed by atoms with Gasteiger partial charge in [-0.1, -0.05) is 32.9 Å². The number of rotatable bonds is 8. The Hall–Kier alpha value is -2.45. The molecule has 0 radical (unpaired) electrons. The maximum Gasteiger partial charge on any atom is 0.333 e. The molecule has 0 saturated carbocycles. The number of nitrogens with zero attached hydrogens (tertiary/aromatic N) is 1. The number of amides is 1. The molecule has 0 saturated heterocycles. The number of carbonyl (C=O) groups is 2. The summed E-state index contributed by atoms with van der Waals surface area (Å²) in [6.45, 7) is 6.04. The minimum atomic E-state index is -1.01. The van der Waals surface area contributed by atoms with Crippen LogP contribution >= 0.6 is 11.3 Å². The number of carbonyl (C=O) groups excluding carboxylic acids is 1. The van der Waals surface area contributed by atoms with Gasteiger partial charge < -0.3 is 14.6 Å². The number of thiazole rings is 1. The van der Waals surface area contributed by atoms with Crippen molar-refractivity contribution in [2.75, 3.05) is 19.0 Å². The number of hydrogen-bond acceptors (Lipinski definition) is 6. The highest BCUT2D eigenvalue weighted by Crippen LogP contribution is 2.26. The number of anilines is 1. The van der Waals surface area contributed by atoms with Crippen LogP contribution in [0.4, 0.5) is 5.13 Å². The van der Waals surface area contributed by atoms with Crippen molar-refractivity contribution < 1.29 is 24.2 Å². The number of carboxylic acid groups (broad SMARTS) is 1. The lowest BCUT2D eigenvalue weighted by Gasteiger charge is -2.14. The molecule has 1 atom stereocenters. The van der Waals surface area contributed by atoms with Crippen molar-refractivity contribution in [1.82, 2.24) is 4.98 Å². The fourth-order valence-corrected chi connectivity index (χ4v) is 3.14. The fraction of sp³-hybridized carbons (Fsp3) is 0.421. The maximum absolute atomic E-state index is 12.0. The molecule has 1 heterocycles. The van der Waals surface area contributed by atoms with E-state index in [1.807, 2.05) is 5.38 Å². The van der Waals surface area contributed by atoms with Gasteiger partial charge in [0.25, 0.3) is 5.91 Å². The van der Waals surface area contributed by atoms with Gasteiger partial charge in [0.15, 0.2) is 17.8 Å². The Labute approximate surface area is 162 Å². The van der Waals surface area contributed by atoms with Crippen LogP contribution in [0.15, 0.2) is 29.6 Å². The number of nitrogens with one attached hydrogen (secondary N) is 1. The highest BCUT2D eigenvalue weighted by atomic mass is 32.1. The van der Waals surface area contributed by atoms with E-state index >= 15 is 0 Å². The summed E-state index contributed by atoms with van der Waals surface area (Å²) in [6.07, 6.45) is -0.633. The van der Waals surface area contributed by atoms with Crippen molar-refractivity contribution >= 4 is 28.3 Å². The van der Waals surface area contributed by atoms with E-state index in [1.165, 1.54) is 18.4 Å². The Balaban J connectivity index is 1.84. The molecular formula is C19H24N2O5S. The van der Waals surface area contributed by atoms with E-state index in [2.05, 4.69) is 31.1 Å². The summed E-state index contributed by atoms with van der Waals surface area (Å²) in [4.78, 5) is 27.4. The van der Waals surface area contributed by atoms with Crippen LogP contribution in [0.1, 0.15) is 32.0 Å². The number of hydrogen-bond donors (Lipinski definition) is 2. The molecule has 1 amide bonds. The Morgan fingerprint density at radius 1 is 1.26 bits per heavy atom. The van der Waals surface area contributed by atoms with Crippen LogP contribution in [0.5, 0.6) is 5.75 Å². The van der Waals surface area contributed by atoms with Crippen LogP contribution in [0.2, 0.25) is 0 Å². The summed E-state index contributed by atoms with van der Waals surface area (Å²) >= 11 is 1.38. The van der Waals surface area contributed by atoms with Crippen LogP contribution < -0.4 is 10.1 Å². The third-order valence-electron chi connectivity index (χ3n) is 3.79. The minimum absolute atomic E-state index is 0.0693. The molecule has 2 rings (SSSR count). The zero-order valence-electron chi connectivity index (χ0n) is 15.8. The molecule has 0 fully saturated rings. The van der Waals surface area contributed by atoms with Gasteiger partial charge in [0, 0.05) is 24.3 Å². The first-order valence-corrected chi connectivity index (χ1v) is 9.30. The van der Waals surface area contributed by atoms with Crippen molar-refractivity contribution in [2.24, 2.45) is 0 Å². The molecule has 146 valence electrons. The van der Waals surface area contributed by atoms with Crippen molar-refractivity contribution in [1.29, 1.82) is 0 Å². The summed E-state index contributed by atoms with van der Waals surface area (Å²) in [5, 5.41) is 14.2. The van der Waals surface area contributed by atoms with Crippen molar-refractivity contribution in [2.45, 2.75) is 38.7 Å². The Morgan fingerprint density at radius 2 is 1.93 bits per heavy atom. The average molecular weight is 392 g/mol. The SMILES string of the molecule is CO[C@@H](Cc1ccc(OCC(=O)Nc2nc(C(C)(C)C)cs2)cc1)C(=O)O. The highest BCUT2D eigenvalue weighted by Gasteiger charge is 2.18. The lowest BCUT2D eigenvalue weighted by Crippen LogP contribution is -2.24.